The number of nitrogens with zero attached hydrogens (tertiary/aromatic N) is 1. The number of aromatic carboxylic acids is 1. The first kappa shape index (κ1) is 15.1. The van der Waals surface area contributed by atoms with Gasteiger partial charge in [0.25, 0.3) is 0 Å². The zero-order valence-electron chi connectivity index (χ0n) is 10.5. The molecule has 0 aliphatic rings. The zero-order valence-corrected chi connectivity index (χ0v) is 12.8. The SMILES string of the molecule is Cc1nc(CCOc2ccc(Cl)cc2Cl)sc1C(=O)O. The molecule has 1 aromatic carbocycles. The Bertz CT molecular complexity index is 643. The molecule has 0 spiro atoms. The molecule has 4 nitrogen and oxygen atoms in total. The van der Waals surface area contributed by atoms with Gasteiger partial charge in [-0.2, -0.15) is 0 Å². The summed E-state index contributed by atoms with van der Waals surface area (Å²) in [5, 5.41) is 10.7. The van der Waals surface area contributed by atoms with E-state index < -0.39 is 5.97 Å². The number of aromatic nitrogens is 1. The quantitative estimate of drug-likeness (QED) is 0.896. The average Bonchev–Trinajstić information content (AvgIpc) is 2.73. The third kappa shape index (κ3) is 3.62. The molecule has 2 aromatic rings. The Labute approximate surface area is 129 Å². The predicted octanol–water partition coefficient (Wildman–Crippen LogP) is 4.08. The monoisotopic (exact) mass is 331 g/mol. The average molecular weight is 332 g/mol. The first-order valence-corrected chi connectivity index (χ1v) is 7.32. The van der Waals surface area contributed by atoms with Crippen LogP contribution in [0.4, 0.5) is 0 Å². The number of carboxylic acids is 1. The first-order chi connectivity index (χ1) is 9.47. The molecule has 0 bridgehead atoms. The summed E-state index contributed by atoms with van der Waals surface area (Å²) in [5.74, 6) is -0.407. The molecule has 0 aliphatic carbocycles. The molecule has 106 valence electrons. The number of carbonyl (C=O) groups is 1. The summed E-state index contributed by atoms with van der Waals surface area (Å²) in [6, 6.07) is 4.99. The minimum Gasteiger partial charge on any atom is -0.492 e. The van der Waals surface area contributed by atoms with Crippen LogP contribution in [0.3, 0.4) is 0 Å². The Balaban J connectivity index is 1.96. The number of ether oxygens (including phenoxy) is 1. The highest BCUT2D eigenvalue weighted by molar-refractivity contribution is 7.13. The van der Waals surface area contributed by atoms with Gasteiger partial charge >= 0.3 is 5.97 Å². The molecule has 0 saturated carbocycles. The van der Waals surface area contributed by atoms with Gasteiger partial charge in [0.05, 0.1) is 22.3 Å². The summed E-state index contributed by atoms with van der Waals surface area (Å²) in [5.41, 5.74) is 0.530. The summed E-state index contributed by atoms with van der Waals surface area (Å²) in [6.45, 7) is 2.05. The summed E-state index contributed by atoms with van der Waals surface area (Å²) < 4.78 is 5.53. The molecule has 2 rings (SSSR count). The third-order valence-corrected chi connectivity index (χ3v) is 4.24. The number of aryl methyl sites for hydroxylation is 1. The minimum absolute atomic E-state index is 0.268. The van der Waals surface area contributed by atoms with E-state index in [1.54, 1.807) is 25.1 Å². The Morgan fingerprint density at radius 1 is 1.45 bits per heavy atom. The highest BCUT2D eigenvalue weighted by atomic mass is 35.5. The topological polar surface area (TPSA) is 59.4 Å². The molecular weight excluding hydrogens is 321 g/mol. The fourth-order valence-corrected chi connectivity index (χ4v) is 2.95. The number of benzene rings is 1. The van der Waals surface area contributed by atoms with Crippen LogP contribution in [0, 0.1) is 6.92 Å². The van der Waals surface area contributed by atoms with E-state index in [9.17, 15) is 4.79 Å². The maximum atomic E-state index is 10.9. The standard InChI is InChI=1S/C13H11Cl2NO3S/c1-7-12(13(17)18)20-11(16-7)4-5-19-10-3-2-8(14)6-9(10)15/h2-3,6H,4-5H2,1H3,(H,17,18). The lowest BCUT2D eigenvalue weighted by molar-refractivity contribution is 0.0701. The van der Waals surface area contributed by atoms with Crippen molar-refractivity contribution in [2.75, 3.05) is 6.61 Å². The maximum absolute atomic E-state index is 10.9. The molecule has 1 N–H and O–H groups in total. The lowest BCUT2D eigenvalue weighted by atomic mass is 10.3. The van der Waals surface area contributed by atoms with Crippen molar-refractivity contribution < 1.29 is 14.6 Å². The lowest BCUT2D eigenvalue weighted by Crippen LogP contribution is -2.01. The van der Waals surface area contributed by atoms with Crippen LogP contribution in [0.25, 0.3) is 0 Å². The minimum atomic E-state index is -0.951. The number of hydrogen-bond acceptors (Lipinski definition) is 4. The van der Waals surface area contributed by atoms with Crippen LogP contribution in [-0.4, -0.2) is 22.7 Å². The molecule has 0 radical (unpaired) electrons. The number of halogens is 2. The molecule has 0 saturated heterocycles. The molecule has 7 heteroatoms. The van der Waals surface area contributed by atoms with Crippen molar-refractivity contribution in [1.82, 2.24) is 4.98 Å². The lowest BCUT2D eigenvalue weighted by Gasteiger charge is -2.06. The number of rotatable bonds is 5. The van der Waals surface area contributed by atoms with Gasteiger partial charge in [0, 0.05) is 11.4 Å². The van der Waals surface area contributed by atoms with Gasteiger partial charge in [0.15, 0.2) is 0 Å². The summed E-state index contributed by atoms with van der Waals surface area (Å²) in [7, 11) is 0. The van der Waals surface area contributed by atoms with E-state index in [2.05, 4.69) is 4.98 Å². The van der Waals surface area contributed by atoms with Crippen LogP contribution in [0.15, 0.2) is 18.2 Å². The fourth-order valence-electron chi connectivity index (χ4n) is 1.60. The molecule has 0 fully saturated rings. The molecule has 0 amide bonds. The van der Waals surface area contributed by atoms with Gasteiger partial charge in [-0.3, -0.25) is 0 Å². The second-order valence-corrected chi connectivity index (χ2v) is 5.93. The van der Waals surface area contributed by atoms with Gasteiger partial charge in [-0.1, -0.05) is 23.2 Å². The van der Waals surface area contributed by atoms with E-state index in [1.165, 1.54) is 0 Å². The van der Waals surface area contributed by atoms with Crippen molar-refractivity contribution >= 4 is 40.5 Å². The van der Waals surface area contributed by atoms with E-state index in [-0.39, 0.29) is 4.88 Å². The van der Waals surface area contributed by atoms with Crippen molar-refractivity contribution in [1.29, 1.82) is 0 Å². The second kappa shape index (κ2) is 6.43. The van der Waals surface area contributed by atoms with Crippen LogP contribution in [0.1, 0.15) is 20.4 Å². The maximum Gasteiger partial charge on any atom is 0.347 e. The van der Waals surface area contributed by atoms with Crippen molar-refractivity contribution in [3.63, 3.8) is 0 Å². The predicted molar refractivity (Wildman–Crippen MR) is 79.5 cm³/mol. The Hall–Kier alpha value is -1.30. The van der Waals surface area contributed by atoms with E-state index >= 15 is 0 Å². The smallest absolute Gasteiger partial charge is 0.347 e. The van der Waals surface area contributed by atoms with Crippen LogP contribution in [0.5, 0.6) is 5.75 Å². The van der Waals surface area contributed by atoms with Crippen molar-refractivity contribution in [3.8, 4) is 5.75 Å². The Morgan fingerprint density at radius 3 is 2.80 bits per heavy atom. The van der Waals surface area contributed by atoms with Gasteiger partial charge < -0.3 is 9.84 Å². The van der Waals surface area contributed by atoms with E-state index in [0.717, 1.165) is 16.3 Å². The van der Waals surface area contributed by atoms with Crippen LogP contribution < -0.4 is 4.74 Å². The van der Waals surface area contributed by atoms with Crippen molar-refractivity contribution in [2.45, 2.75) is 13.3 Å². The molecule has 1 heterocycles. The number of thiazole rings is 1. The zero-order chi connectivity index (χ0) is 14.7. The van der Waals surface area contributed by atoms with Crippen molar-refractivity contribution in [3.05, 3.63) is 43.8 Å². The molecule has 0 atom stereocenters. The van der Waals surface area contributed by atoms with Gasteiger partial charge in [0.1, 0.15) is 10.6 Å². The van der Waals surface area contributed by atoms with Gasteiger partial charge in [-0.15, -0.1) is 11.3 Å². The van der Waals surface area contributed by atoms with E-state index in [0.29, 0.717) is 34.5 Å². The second-order valence-electron chi connectivity index (χ2n) is 4.00. The third-order valence-electron chi connectivity index (χ3n) is 2.50. The fraction of sp³-hybridized carbons (Fsp3) is 0.231. The summed E-state index contributed by atoms with van der Waals surface area (Å²) >= 11 is 12.9. The molecule has 1 aromatic heterocycles. The highest BCUT2D eigenvalue weighted by Gasteiger charge is 2.13. The summed E-state index contributed by atoms with van der Waals surface area (Å²) in [4.78, 5) is 15.4. The van der Waals surface area contributed by atoms with Gasteiger partial charge in [0.2, 0.25) is 0 Å². The molecule has 0 aliphatic heterocycles. The van der Waals surface area contributed by atoms with Gasteiger partial charge in [-0.05, 0) is 25.1 Å². The first-order valence-electron chi connectivity index (χ1n) is 5.75. The molecular formula is C13H11Cl2NO3S. The van der Waals surface area contributed by atoms with Crippen LogP contribution >= 0.6 is 34.5 Å². The van der Waals surface area contributed by atoms with E-state index in [4.69, 9.17) is 33.0 Å². The largest absolute Gasteiger partial charge is 0.492 e. The highest BCUT2D eigenvalue weighted by Crippen LogP contribution is 2.27. The molecule has 20 heavy (non-hydrogen) atoms. The normalized spacial score (nSPS) is 10.6. The Morgan fingerprint density at radius 2 is 2.20 bits per heavy atom. The van der Waals surface area contributed by atoms with Crippen molar-refractivity contribution in [2.24, 2.45) is 0 Å². The summed E-state index contributed by atoms with van der Waals surface area (Å²) in [6.07, 6.45) is 0.526. The van der Waals surface area contributed by atoms with Gasteiger partial charge in [-0.25, -0.2) is 9.78 Å². The Kier molecular flexibility index (Phi) is 4.86. The van der Waals surface area contributed by atoms with Crippen LogP contribution in [-0.2, 0) is 6.42 Å². The van der Waals surface area contributed by atoms with E-state index in [1.807, 2.05) is 0 Å². The number of carboxylic acid groups (broad SMARTS) is 1. The molecule has 0 unspecified atom stereocenters. The van der Waals surface area contributed by atoms with Crippen LogP contribution in [0.2, 0.25) is 10.0 Å². The number of hydrogen-bond donors (Lipinski definition) is 1.